The van der Waals surface area contributed by atoms with E-state index in [0.29, 0.717) is 12.2 Å². The molecule has 0 bridgehead atoms. The summed E-state index contributed by atoms with van der Waals surface area (Å²) in [5.74, 6) is -0.763. The molecular formula is C11H15FNO2+. The average Bonchev–Trinajstić information content (AvgIpc) is 2.18. The molecule has 3 nitrogen and oxygen atoms in total. The summed E-state index contributed by atoms with van der Waals surface area (Å²) in [7, 11) is 3.96. The zero-order valence-corrected chi connectivity index (χ0v) is 8.92. The van der Waals surface area contributed by atoms with Crippen LogP contribution in [0.3, 0.4) is 0 Å². The highest BCUT2D eigenvalue weighted by atomic mass is 19.1. The first-order valence-electron chi connectivity index (χ1n) is 4.81. The minimum atomic E-state index is -0.406. The van der Waals surface area contributed by atoms with Crippen LogP contribution in [0.15, 0.2) is 24.3 Å². The van der Waals surface area contributed by atoms with Crippen LogP contribution in [-0.2, 0) is 4.74 Å². The van der Waals surface area contributed by atoms with E-state index in [0.717, 1.165) is 6.54 Å². The van der Waals surface area contributed by atoms with Gasteiger partial charge in [0, 0.05) is 0 Å². The Morgan fingerprint density at radius 2 is 1.93 bits per heavy atom. The second kappa shape index (κ2) is 5.46. The van der Waals surface area contributed by atoms with Crippen LogP contribution in [0.2, 0.25) is 0 Å². The molecule has 0 fully saturated rings. The van der Waals surface area contributed by atoms with Gasteiger partial charge in [-0.05, 0) is 24.3 Å². The summed E-state index contributed by atoms with van der Waals surface area (Å²) < 4.78 is 17.5. The van der Waals surface area contributed by atoms with Crippen molar-refractivity contribution in [3.63, 3.8) is 0 Å². The lowest BCUT2D eigenvalue weighted by Crippen LogP contribution is -3.06. The third-order valence-corrected chi connectivity index (χ3v) is 1.92. The fraction of sp³-hybridized carbons (Fsp3) is 0.364. The fourth-order valence-corrected chi connectivity index (χ4v) is 1.02. The summed E-state index contributed by atoms with van der Waals surface area (Å²) in [6.45, 7) is 1.13. The predicted molar refractivity (Wildman–Crippen MR) is 54.4 cm³/mol. The van der Waals surface area contributed by atoms with Gasteiger partial charge in [0.25, 0.3) is 0 Å². The van der Waals surface area contributed by atoms with E-state index in [1.165, 1.54) is 29.2 Å². The highest BCUT2D eigenvalue weighted by molar-refractivity contribution is 5.89. The van der Waals surface area contributed by atoms with Crippen LogP contribution < -0.4 is 4.90 Å². The van der Waals surface area contributed by atoms with Crippen molar-refractivity contribution in [1.82, 2.24) is 0 Å². The summed E-state index contributed by atoms with van der Waals surface area (Å²) >= 11 is 0. The number of nitrogens with one attached hydrogen (secondary N) is 1. The van der Waals surface area contributed by atoms with Crippen molar-refractivity contribution < 1.29 is 18.8 Å². The number of halogens is 1. The summed E-state index contributed by atoms with van der Waals surface area (Å²) in [5, 5.41) is 0. The molecule has 0 aliphatic carbocycles. The molecule has 1 aromatic carbocycles. The van der Waals surface area contributed by atoms with Gasteiger partial charge < -0.3 is 9.64 Å². The van der Waals surface area contributed by atoms with Crippen molar-refractivity contribution >= 4 is 5.97 Å². The molecule has 0 atom stereocenters. The van der Waals surface area contributed by atoms with Gasteiger partial charge >= 0.3 is 5.97 Å². The molecule has 1 rings (SSSR count). The number of quaternary nitrogens is 1. The van der Waals surface area contributed by atoms with Crippen molar-refractivity contribution in [1.29, 1.82) is 0 Å². The second-order valence-electron chi connectivity index (χ2n) is 3.60. The fourth-order valence-electron chi connectivity index (χ4n) is 1.02. The molecule has 0 aromatic heterocycles. The summed E-state index contributed by atoms with van der Waals surface area (Å²) in [5.41, 5.74) is 0.380. The van der Waals surface area contributed by atoms with E-state index < -0.39 is 5.97 Å². The van der Waals surface area contributed by atoms with Crippen LogP contribution >= 0.6 is 0 Å². The van der Waals surface area contributed by atoms with E-state index in [1.54, 1.807) is 0 Å². The van der Waals surface area contributed by atoms with Gasteiger partial charge in [-0.25, -0.2) is 9.18 Å². The first-order valence-corrected chi connectivity index (χ1v) is 4.81. The molecular weight excluding hydrogens is 197 g/mol. The van der Waals surface area contributed by atoms with E-state index in [2.05, 4.69) is 0 Å². The Labute approximate surface area is 88.5 Å². The van der Waals surface area contributed by atoms with E-state index in [-0.39, 0.29) is 5.82 Å². The van der Waals surface area contributed by atoms with Gasteiger partial charge in [-0.3, -0.25) is 0 Å². The summed E-state index contributed by atoms with van der Waals surface area (Å²) in [6.07, 6.45) is 0. The maximum Gasteiger partial charge on any atom is 0.338 e. The van der Waals surface area contributed by atoms with E-state index in [9.17, 15) is 9.18 Å². The summed E-state index contributed by atoms with van der Waals surface area (Å²) in [6, 6.07) is 5.32. The molecule has 82 valence electrons. The minimum absolute atomic E-state index is 0.357. The van der Waals surface area contributed by atoms with Crippen LogP contribution in [0.4, 0.5) is 4.39 Å². The van der Waals surface area contributed by atoms with E-state index in [1.807, 2.05) is 14.1 Å². The van der Waals surface area contributed by atoms with Crippen LogP contribution in [0.1, 0.15) is 10.4 Å². The lowest BCUT2D eigenvalue weighted by atomic mass is 10.2. The van der Waals surface area contributed by atoms with E-state index >= 15 is 0 Å². The zero-order valence-electron chi connectivity index (χ0n) is 8.92. The molecule has 0 aliphatic rings. The molecule has 0 saturated carbocycles. The topological polar surface area (TPSA) is 30.7 Å². The molecule has 0 unspecified atom stereocenters. The monoisotopic (exact) mass is 212 g/mol. The standard InChI is InChI=1S/C11H14FNO2/c1-13(2)7-8-15-11(14)9-3-5-10(12)6-4-9/h3-6H,7-8H2,1-2H3/p+1. The number of esters is 1. The Hall–Kier alpha value is -1.42. The summed E-state index contributed by atoms with van der Waals surface area (Å²) in [4.78, 5) is 12.6. The highest BCUT2D eigenvalue weighted by Gasteiger charge is 2.07. The molecule has 1 N–H and O–H groups in total. The second-order valence-corrected chi connectivity index (χ2v) is 3.60. The van der Waals surface area contributed by atoms with Crippen LogP contribution in [0, 0.1) is 5.82 Å². The Bertz CT molecular complexity index is 322. The lowest BCUT2D eigenvalue weighted by molar-refractivity contribution is -0.858. The number of likely N-dealkylation sites (N-methyl/N-ethyl adjacent to an activating group) is 1. The van der Waals surface area contributed by atoms with Crippen LogP contribution in [0.25, 0.3) is 0 Å². The smallest absolute Gasteiger partial charge is 0.338 e. The predicted octanol–water partition coefficient (Wildman–Crippen LogP) is 0.127. The number of carbonyl (C=O) groups is 1. The molecule has 0 radical (unpaired) electrons. The molecule has 0 spiro atoms. The third-order valence-electron chi connectivity index (χ3n) is 1.92. The van der Waals surface area contributed by atoms with Crippen LogP contribution in [-0.4, -0.2) is 33.2 Å². The number of carbonyl (C=O) groups excluding carboxylic acids is 1. The van der Waals surface area contributed by atoms with Crippen molar-refractivity contribution in [2.75, 3.05) is 27.2 Å². The molecule has 0 saturated heterocycles. The first kappa shape index (κ1) is 11.7. The first-order chi connectivity index (χ1) is 7.09. The van der Waals surface area contributed by atoms with Crippen molar-refractivity contribution in [2.45, 2.75) is 0 Å². The quantitative estimate of drug-likeness (QED) is 0.719. The maximum absolute atomic E-state index is 12.6. The van der Waals surface area contributed by atoms with Gasteiger partial charge in [0.15, 0.2) is 0 Å². The van der Waals surface area contributed by atoms with Gasteiger partial charge in [0.05, 0.1) is 19.7 Å². The average molecular weight is 212 g/mol. The number of ether oxygens (including phenoxy) is 1. The van der Waals surface area contributed by atoms with Crippen molar-refractivity contribution in [3.05, 3.63) is 35.6 Å². The van der Waals surface area contributed by atoms with Gasteiger partial charge in [-0.15, -0.1) is 0 Å². The highest BCUT2D eigenvalue weighted by Crippen LogP contribution is 2.03. The zero-order chi connectivity index (χ0) is 11.3. The van der Waals surface area contributed by atoms with Gasteiger partial charge in [-0.2, -0.15) is 0 Å². The maximum atomic E-state index is 12.6. The number of hydrogen-bond donors (Lipinski definition) is 1. The largest absolute Gasteiger partial charge is 0.456 e. The molecule has 15 heavy (non-hydrogen) atoms. The molecule has 0 aliphatic heterocycles. The Morgan fingerprint density at radius 3 is 2.47 bits per heavy atom. The van der Waals surface area contributed by atoms with Crippen LogP contribution in [0.5, 0.6) is 0 Å². The lowest BCUT2D eigenvalue weighted by Gasteiger charge is -2.07. The number of rotatable bonds is 4. The number of benzene rings is 1. The van der Waals surface area contributed by atoms with Gasteiger partial charge in [0.2, 0.25) is 0 Å². The third kappa shape index (κ3) is 4.08. The molecule has 0 heterocycles. The number of hydrogen-bond acceptors (Lipinski definition) is 2. The van der Waals surface area contributed by atoms with Gasteiger partial charge in [-0.1, -0.05) is 0 Å². The molecule has 4 heteroatoms. The minimum Gasteiger partial charge on any atom is -0.456 e. The SMILES string of the molecule is C[NH+](C)CCOC(=O)c1ccc(F)cc1. The van der Waals surface area contributed by atoms with Gasteiger partial charge in [0.1, 0.15) is 19.0 Å². The van der Waals surface area contributed by atoms with E-state index in [4.69, 9.17) is 4.74 Å². The van der Waals surface area contributed by atoms with Crippen molar-refractivity contribution in [2.24, 2.45) is 0 Å². The molecule has 1 aromatic rings. The molecule has 0 amide bonds. The van der Waals surface area contributed by atoms with Crippen molar-refractivity contribution in [3.8, 4) is 0 Å². The Morgan fingerprint density at radius 1 is 1.33 bits per heavy atom. The Kier molecular flexibility index (Phi) is 4.24. The Balaban J connectivity index is 2.43. The normalized spacial score (nSPS) is 10.4.